The third-order valence-electron chi connectivity index (χ3n) is 4.05. The monoisotopic (exact) mass is 424 g/mol. The summed E-state index contributed by atoms with van der Waals surface area (Å²) in [6.07, 6.45) is 4.28. The highest BCUT2D eigenvalue weighted by Crippen LogP contribution is 2.29. The summed E-state index contributed by atoms with van der Waals surface area (Å²) in [6, 6.07) is 17.6. The molecule has 0 saturated heterocycles. The molecule has 0 aliphatic heterocycles. The van der Waals surface area contributed by atoms with E-state index >= 15 is 0 Å². The lowest BCUT2D eigenvalue weighted by Crippen LogP contribution is -2.02. The van der Waals surface area contributed by atoms with Gasteiger partial charge in [0.2, 0.25) is 0 Å². The maximum atomic E-state index is 5.96. The Hall–Kier alpha value is -2.50. The molecule has 0 spiro atoms. The summed E-state index contributed by atoms with van der Waals surface area (Å²) < 4.78 is 0.993. The molecular weight excluding hydrogens is 412 g/mol. The lowest BCUT2D eigenvalue weighted by molar-refractivity contribution is 0.960. The van der Waals surface area contributed by atoms with Gasteiger partial charge in [-0.3, -0.25) is 4.98 Å². The van der Waals surface area contributed by atoms with Crippen LogP contribution < -0.4 is 5.32 Å². The minimum Gasteiger partial charge on any atom is -0.338 e. The Balaban J connectivity index is 1.76. The Morgan fingerprint density at radius 1 is 0.885 bits per heavy atom. The van der Waals surface area contributed by atoms with Gasteiger partial charge in [-0.1, -0.05) is 33.6 Å². The highest BCUT2D eigenvalue weighted by atomic mass is 79.9. The zero-order valence-electron chi connectivity index (χ0n) is 13.7. The van der Waals surface area contributed by atoms with Crippen molar-refractivity contribution in [1.29, 1.82) is 0 Å². The third-order valence-corrected chi connectivity index (χ3v) is 4.79. The van der Waals surface area contributed by atoms with Crippen LogP contribution in [0, 0.1) is 0 Å². The number of nitrogens with one attached hydrogen (secondary N) is 1. The van der Waals surface area contributed by atoms with Gasteiger partial charge in [0.05, 0.1) is 5.69 Å². The van der Waals surface area contributed by atoms with Gasteiger partial charge in [-0.25, -0.2) is 0 Å². The van der Waals surface area contributed by atoms with Crippen LogP contribution in [0.15, 0.2) is 71.5 Å². The van der Waals surface area contributed by atoms with Gasteiger partial charge in [0.25, 0.3) is 0 Å². The number of nitrogens with zero attached hydrogens (tertiary/aromatic N) is 3. The lowest BCUT2D eigenvalue weighted by Gasteiger charge is -2.12. The summed E-state index contributed by atoms with van der Waals surface area (Å²) >= 11 is 9.51. The molecule has 4 aromatic rings. The summed E-state index contributed by atoms with van der Waals surface area (Å²) in [7, 11) is 0. The number of halogens is 2. The van der Waals surface area contributed by atoms with Crippen molar-refractivity contribution in [3.05, 3.63) is 87.7 Å². The van der Waals surface area contributed by atoms with Crippen molar-refractivity contribution in [2.75, 3.05) is 5.32 Å². The maximum absolute atomic E-state index is 5.96. The second-order valence-corrected chi connectivity index (χ2v) is 7.20. The summed E-state index contributed by atoms with van der Waals surface area (Å²) in [4.78, 5) is 4.07. The molecular formula is C20H14BrClN4. The molecule has 0 saturated carbocycles. The van der Waals surface area contributed by atoms with E-state index in [1.165, 1.54) is 0 Å². The van der Waals surface area contributed by atoms with Crippen molar-refractivity contribution < 1.29 is 0 Å². The van der Waals surface area contributed by atoms with Crippen molar-refractivity contribution in [3.63, 3.8) is 0 Å². The molecule has 128 valence electrons. The number of pyridine rings is 1. The van der Waals surface area contributed by atoms with E-state index in [4.69, 9.17) is 11.6 Å². The zero-order valence-corrected chi connectivity index (χ0v) is 16.0. The van der Waals surface area contributed by atoms with Crippen molar-refractivity contribution in [2.24, 2.45) is 0 Å². The minimum atomic E-state index is 0.696. The van der Waals surface area contributed by atoms with Crippen molar-refractivity contribution in [1.82, 2.24) is 15.2 Å². The molecule has 0 amide bonds. The Bertz CT molecular complexity index is 1050. The van der Waals surface area contributed by atoms with Crippen LogP contribution in [0.2, 0.25) is 5.02 Å². The summed E-state index contributed by atoms with van der Waals surface area (Å²) in [5.41, 5.74) is 2.99. The van der Waals surface area contributed by atoms with Gasteiger partial charge in [0, 0.05) is 44.8 Å². The smallest absolute Gasteiger partial charge is 0.161 e. The quantitative estimate of drug-likeness (QED) is 0.450. The molecule has 0 radical (unpaired) electrons. The molecule has 0 unspecified atom stereocenters. The molecule has 0 bridgehead atoms. The first kappa shape index (κ1) is 16.9. The number of anilines is 2. The zero-order chi connectivity index (χ0) is 17.9. The van der Waals surface area contributed by atoms with E-state index in [-0.39, 0.29) is 0 Å². The number of hydrogen-bond acceptors (Lipinski definition) is 4. The third kappa shape index (κ3) is 3.69. The van der Waals surface area contributed by atoms with E-state index < -0.39 is 0 Å². The molecule has 0 fully saturated rings. The van der Waals surface area contributed by atoms with Crippen LogP contribution in [0.5, 0.6) is 0 Å². The van der Waals surface area contributed by atoms with Crippen LogP contribution in [0.4, 0.5) is 11.5 Å². The Kier molecular flexibility index (Phi) is 4.82. The SMILES string of the molecule is Clc1ccc(Nc2nnc(Cc3ccncc3)c3ccc(Br)cc23)cc1. The van der Waals surface area contributed by atoms with Crippen LogP contribution in [0.1, 0.15) is 11.3 Å². The van der Waals surface area contributed by atoms with Crippen molar-refractivity contribution in [3.8, 4) is 0 Å². The first-order chi connectivity index (χ1) is 12.7. The molecule has 2 heterocycles. The van der Waals surface area contributed by atoms with Crippen LogP contribution >= 0.6 is 27.5 Å². The minimum absolute atomic E-state index is 0.696. The Morgan fingerprint density at radius 2 is 1.65 bits per heavy atom. The van der Waals surface area contributed by atoms with Gasteiger partial charge >= 0.3 is 0 Å². The number of aromatic nitrogens is 3. The van der Waals surface area contributed by atoms with Gasteiger partial charge in [0.15, 0.2) is 5.82 Å². The normalized spacial score (nSPS) is 10.8. The molecule has 0 atom stereocenters. The summed E-state index contributed by atoms with van der Waals surface area (Å²) in [5, 5.41) is 15.0. The summed E-state index contributed by atoms with van der Waals surface area (Å²) in [5.74, 6) is 0.710. The van der Waals surface area contributed by atoms with Crippen molar-refractivity contribution >= 4 is 49.8 Å². The average Bonchev–Trinajstić information content (AvgIpc) is 2.66. The second kappa shape index (κ2) is 7.40. The van der Waals surface area contributed by atoms with E-state index in [1.807, 2.05) is 42.5 Å². The lowest BCUT2D eigenvalue weighted by atomic mass is 10.0. The topological polar surface area (TPSA) is 50.7 Å². The van der Waals surface area contributed by atoms with E-state index in [9.17, 15) is 0 Å². The van der Waals surface area contributed by atoms with Gasteiger partial charge in [-0.05, 0) is 54.1 Å². The molecule has 26 heavy (non-hydrogen) atoms. The number of benzene rings is 2. The fraction of sp³-hybridized carbons (Fsp3) is 0.0500. The number of rotatable bonds is 4. The predicted molar refractivity (Wildman–Crippen MR) is 109 cm³/mol. The van der Waals surface area contributed by atoms with Gasteiger partial charge in [-0.15, -0.1) is 5.10 Å². The van der Waals surface area contributed by atoms with Crippen LogP contribution in [-0.2, 0) is 6.42 Å². The number of hydrogen-bond donors (Lipinski definition) is 1. The fourth-order valence-electron chi connectivity index (χ4n) is 2.77. The molecule has 4 rings (SSSR count). The summed E-state index contributed by atoms with van der Waals surface area (Å²) in [6.45, 7) is 0. The average molecular weight is 426 g/mol. The number of fused-ring (bicyclic) bond motifs is 1. The van der Waals surface area contributed by atoms with Gasteiger partial charge in [-0.2, -0.15) is 5.10 Å². The van der Waals surface area contributed by atoms with E-state index in [0.29, 0.717) is 17.3 Å². The maximum Gasteiger partial charge on any atom is 0.161 e. The largest absolute Gasteiger partial charge is 0.338 e. The molecule has 6 heteroatoms. The second-order valence-electron chi connectivity index (χ2n) is 5.85. The molecule has 0 aliphatic carbocycles. The van der Waals surface area contributed by atoms with Crippen LogP contribution in [-0.4, -0.2) is 15.2 Å². The first-order valence-corrected chi connectivity index (χ1v) is 9.22. The first-order valence-electron chi connectivity index (χ1n) is 8.05. The Labute approximate surface area is 164 Å². The standard InChI is InChI=1S/C20H14BrClN4/c21-14-1-6-17-18(12-14)20(24-16-4-2-15(22)3-5-16)26-25-19(17)11-13-7-9-23-10-8-13/h1-10,12H,11H2,(H,24,26). The molecule has 1 N–H and O–H groups in total. The van der Waals surface area contributed by atoms with Gasteiger partial charge in [0.1, 0.15) is 0 Å². The fourth-order valence-corrected chi connectivity index (χ4v) is 3.26. The van der Waals surface area contributed by atoms with Gasteiger partial charge < -0.3 is 5.32 Å². The molecule has 2 aromatic heterocycles. The molecule has 2 aromatic carbocycles. The molecule has 0 aliphatic rings. The van der Waals surface area contributed by atoms with Crippen LogP contribution in [0.3, 0.4) is 0 Å². The highest BCUT2D eigenvalue weighted by molar-refractivity contribution is 9.10. The highest BCUT2D eigenvalue weighted by Gasteiger charge is 2.11. The van der Waals surface area contributed by atoms with E-state index in [2.05, 4.69) is 48.6 Å². The van der Waals surface area contributed by atoms with E-state index in [1.54, 1.807) is 12.4 Å². The molecule has 4 nitrogen and oxygen atoms in total. The van der Waals surface area contributed by atoms with Crippen molar-refractivity contribution in [2.45, 2.75) is 6.42 Å². The Morgan fingerprint density at radius 3 is 2.42 bits per heavy atom. The van der Waals surface area contributed by atoms with Crippen LogP contribution in [0.25, 0.3) is 10.8 Å². The predicted octanol–water partition coefficient (Wildman–Crippen LogP) is 5.78. The van der Waals surface area contributed by atoms with E-state index in [0.717, 1.165) is 32.2 Å².